The fourth-order valence-corrected chi connectivity index (χ4v) is 4.44. The number of aromatic nitrogens is 1. The Hall–Kier alpha value is -1.56. The molecule has 2 saturated heterocycles. The minimum absolute atomic E-state index is 0. The van der Waals surface area contributed by atoms with Crippen LogP contribution in [0.15, 0.2) is 34.7 Å². The number of nitrogens with zero attached hydrogens (tertiary/aromatic N) is 2. The van der Waals surface area contributed by atoms with Crippen molar-refractivity contribution in [2.24, 2.45) is 5.92 Å². The Bertz CT molecular complexity index is 804. The summed E-state index contributed by atoms with van der Waals surface area (Å²) in [6.07, 6.45) is 4.75. The Kier molecular flexibility index (Phi) is 9.20. The van der Waals surface area contributed by atoms with Gasteiger partial charge in [-0.1, -0.05) is 44.2 Å². The van der Waals surface area contributed by atoms with Gasteiger partial charge >= 0.3 is 0 Å². The van der Waals surface area contributed by atoms with Crippen molar-refractivity contribution in [2.75, 3.05) is 19.6 Å². The molecule has 0 bridgehead atoms. The van der Waals surface area contributed by atoms with E-state index >= 15 is 0 Å². The summed E-state index contributed by atoms with van der Waals surface area (Å²) in [5.74, 6) is 2.76. The Morgan fingerprint density at radius 1 is 1.23 bits per heavy atom. The van der Waals surface area contributed by atoms with Crippen LogP contribution in [0.1, 0.15) is 69.6 Å². The molecule has 7 heteroatoms. The molecule has 2 unspecified atom stereocenters. The van der Waals surface area contributed by atoms with Crippen LogP contribution in [0.3, 0.4) is 0 Å². The molecule has 3 heterocycles. The van der Waals surface area contributed by atoms with Crippen molar-refractivity contribution in [3.63, 3.8) is 0 Å². The summed E-state index contributed by atoms with van der Waals surface area (Å²) < 4.78 is 6.26. The highest BCUT2D eigenvalue weighted by Crippen LogP contribution is 2.37. The Morgan fingerprint density at radius 2 is 2.00 bits per heavy atom. The van der Waals surface area contributed by atoms with Crippen molar-refractivity contribution in [1.82, 2.24) is 15.2 Å². The number of oxazole rings is 1. The van der Waals surface area contributed by atoms with E-state index in [4.69, 9.17) is 9.40 Å². The molecule has 1 N–H and O–H groups in total. The van der Waals surface area contributed by atoms with E-state index in [0.717, 1.165) is 55.9 Å². The van der Waals surface area contributed by atoms with Gasteiger partial charge in [0.2, 0.25) is 11.8 Å². The van der Waals surface area contributed by atoms with Crippen molar-refractivity contribution in [3.05, 3.63) is 42.0 Å². The largest absolute Gasteiger partial charge is 0.442 e. The van der Waals surface area contributed by atoms with Gasteiger partial charge in [0.25, 0.3) is 0 Å². The maximum Gasteiger partial charge on any atom is 0.223 e. The molecule has 2 atom stereocenters. The highest BCUT2D eigenvalue weighted by Gasteiger charge is 2.34. The molecule has 1 aromatic heterocycles. The van der Waals surface area contributed by atoms with E-state index < -0.39 is 0 Å². The van der Waals surface area contributed by atoms with Crippen LogP contribution < -0.4 is 5.32 Å². The van der Waals surface area contributed by atoms with Gasteiger partial charge in [0, 0.05) is 24.4 Å². The van der Waals surface area contributed by atoms with E-state index in [9.17, 15) is 4.79 Å². The van der Waals surface area contributed by atoms with Crippen LogP contribution in [0.25, 0.3) is 11.3 Å². The predicted molar refractivity (Wildman–Crippen MR) is 124 cm³/mol. The molecule has 1 aromatic carbocycles. The SMILES string of the molecule is CC(C)c1oc(C2CCCN2C(=O)CCC2CCNC2)nc1-c1ccccc1.Cl.Cl. The zero-order valence-corrected chi connectivity index (χ0v) is 19.4. The molecule has 5 nitrogen and oxygen atoms in total. The predicted octanol–water partition coefficient (Wildman–Crippen LogP) is 5.36. The number of benzene rings is 1. The summed E-state index contributed by atoms with van der Waals surface area (Å²) in [6.45, 7) is 7.21. The third-order valence-corrected chi connectivity index (χ3v) is 6.03. The van der Waals surface area contributed by atoms with Crippen LogP contribution >= 0.6 is 24.8 Å². The third-order valence-electron chi connectivity index (χ3n) is 6.03. The zero-order valence-electron chi connectivity index (χ0n) is 17.8. The lowest BCUT2D eigenvalue weighted by atomic mass is 10.0. The molecule has 1 amide bonds. The van der Waals surface area contributed by atoms with E-state index in [1.165, 1.54) is 6.42 Å². The van der Waals surface area contributed by atoms with Crippen LogP contribution in [-0.2, 0) is 4.79 Å². The highest BCUT2D eigenvalue weighted by molar-refractivity contribution is 5.85. The van der Waals surface area contributed by atoms with Crippen LogP contribution in [0.5, 0.6) is 0 Å². The first-order valence-electron chi connectivity index (χ1n) is 10.7. The second kappa shape index (κ2) is 11.2. The fourth-order valence-electron chi connectivity index (χ4n) is 4.44. The number of rotatable bonds is 6. The first-order chi connectivity index (χ1) is 13.6. The normalized spacial score (nSPS) is 20.8. The Labute approximate surface area is 191 Å². The number of carbonyl (C=O) groups is 1. The van der Waals surface area contributed by atoms with Crippen molar-refractivity contribution in [3.8, 4) is 11.3 Å². The second-order valence-electron chi connectivity index (χ2n) is 8.43. The Morgan fingerprint density at radius 3 is 2.67 bits per heavy atom. The molecule has 4 rings (SSSR count). The van der Waals surface area contributed by atoms with Gasteiger partial charge in [0.1, 0.15) is 17.5 Å². The maximum atomic E-state index is 12.9. The van der Waals surface area contributed by atoms with Gasteiger partial charge in [-0.3, -0.25) is 4.79 Å². The maximum absolute atomic E-state index is 12.9. The zero-order chi connectivity index (χ0) is 19.5. The molecule has 0 radical (unpaired) electrons. The van der Waals surface area contributed by atoms with Gasteiger partial charge in [-0.25, -0.2) is 4.98 Å². The minimum atomic E-state index is -0.0239. The highest BCUT2D eigenvalue weighted by atomic mass is 35.5. The monoisotopic (exact) mass is 453 g/mol. The number of carbonyl (C=O) groups excluding carboxylic acids is 1. The molecule has 166 valence electrons. The van der Waals surface area contributed by atoms with Crippen molar-refractivity contribution < 1.29 is 9.21 Å². The van der Waals surface area contributed by atoms with Crippen LogP contribution in [0.2, 0.25) is 0 Å². The number of likely N-dealkylation sites (tertiary alicyclic amines) is 1. The lowest BCUT2D eigenvalue weighted by molar-refractivity contribution is -0.132. The minimum Gasteiger partial charge on any atom is -0.442 e. The third kappa shape index (κ3) is 5.37. The first-order valence-corrected chi connectivity index (χ1v) is 10.7. The summed E-state index contributed by atoms with van der Waals surface area (Å²) >= 11 is 0. The van der Waals surface area contributed by atoms with Gasteiger partial charge in [-0.2, -0.15) is 0 Å². The van der Waals surface area contributed by atoms with Crippen molar-refractivity contribution >= 4 is 30.7 Å². The summed E-state index contributed by atoms with van der Waals surface area (Å²) in [7, 11) is 0. The van der Waals surface area contributed by atoms with Crippen molar-refractivity contribution in [2.45, 2.75) is 57.9 Å². The van der Waals surface area contributed by atoms with E-state index in [1.807, 2.05) is 23.1 Å². The molecule has 30 heavy (non-hydrogen) atoms. The van der Waals surface area contributed by atoms with E-state index in [2.05, 4.69) is 31.3 Å². The number of amides is 1. The van der Waals surface area contributed by atoms with Crippen molar-refractivity contribution in [1.29, 1.82) is 0 Å². The number of halogens is 2. The lowest BCUT2D eigenvalue weighted by Gasteiger charge is -2.23. The summed E-state index contributed by atoms with van der Waals surface area (Å²) in [5, 5.41) is 3.39. The standard InChI is InChI=1S/C23H31N3O2.2ClH/c1-16(2)22-21(18-7-4-3-5-8-18)25-23(28-22)19-9-6-14-26(19)20(27)11-10-17-12-13-24-15-17;;/h3-5,7-8,16-17,19,24H,6,9-15H2,1-2H3;2*1H. The smallest absolute Gasteiger partial charge is 0.223 e. The number of hydrogen-bond acceptors (Lipinski definition) is 4. The molecular formula is C23H33Cl2N3O2. The number of nitrogens with one attached hydrogen (secondary N) is 1. The molecular weight excluding hydrogens is 421 g/mol. The van der Waals surface area contributed by atoms with Gasteiger partial charge in [0.05, 0.1) is 0 Å². The van der Waals surface area contributed by atoms with Crippen LogP contribution in [0, 0.1) is 5.92 Å². The fraction of sp³-hybridized carbons (Fsp3) is 0.565. The van der Waals surface area contributed by atoms with Crippen LogP contribution in [-0.4, -0.2) is 35.4 Å². The molecule has 0 spiro atoms. The lowest BCUT2D eigenvalue weighted by Crippen LogP contribution is -2.31. The van der Waals surface area contributed by atoms with Gasteiger partial charge < -0.3 is 14.6 Å². The quantitative estimate of drug-likeness (QED) is 0.638. The van der Waals surface area contributed by atoms with E-state index in [1.54, 1.807) is 0 Å². The first kappa shape index (κ1) is 24.7. The van der Waals surface area contributed by atoms with Gasteiger partial charge in [-0.15, -0.1) is 24.8 Å². The van der Waals surface area contributed by atoms with Gasteiger partial charge in [-0.05, 0) is 44.7 Å². The second-order valence-corrected chi connectivity index (χ2v) is 8.43. The van der Waals surface area contributed by atoms with Crippen LogP contribution in [0.4, 0.5) is 0 Å². The summed E-state index contributed by atoms with van der Waals surface area (Å²) in [5.41, 5.74) is 1.99. The molecule has 2 aliphatic heterocycles. The molecule has 2 aromatic rings. The summed E-state index contributed by atoms with van der Waals surface area (Å²) in [4.78, 5) is 19.8. The number of hydrogen-bond donors (Lipinski definition) is 1. The van der Waals surface area contributed by atoms with Gasteiger partial charge in [0.15, 0.2) is 0 Å². The Balaban J connectivity index is 0.00000160. The molecule has 2 fully saturated rings. The average Bonchev–Trinajstić information content (AvgIpc) is 3.46. The topological polar surface area (TPSA) is 58.4 Å². The molecule has 0 aliphatic carbocycles. The molecule has 2 aliphatic rings. The average molecular weight is 454 g/mol. The van der Waals surface area contributed by atoms with E-state index in [0.29, 0.717) is 18.2 Å². The molecule has 0 saturated carbocycles. The summed E-state index contributed by atoms with van der Waals surface area (Å²) in [6, 6.07) is 10.2. The van der Waals surface area contributed by atoms with E-state index in [-0.39, 0.29) is 42.7 Å².